The number of hydrogen-bond donors (Lipinski definition) is 1. The second-order valence-electron chi connectivity index (χ2n) is 6.58. The molecule has 0 aromatic heterocycles. The van der Waals surface area contributed by atoms with Crippen LogP contribution in [0.5, 0.6) is 0 Å². The molecule has 0 radical (unpaired) electrons. The van der Waals surface area contributed by atoms with Crippen molar-refractivity contribution >= 4 is 0 Å². The maximum absolute atomic E-state index is 6.59. The van der Waals surface area contributed by atoms with E-state index in [-0.39, 0.29) is 5.60 Å². The number of hydrogen-bond acceptors (Lipinski definition) is 2. The van der Waals surface area contributed by atoms with Crippen LogP contribution < -0.4 is 5.32 Å². The fraction of sp³-hybridized carbons (Fsp3) is 1.00. The van der Waals surface area contributed by atoms with Crippen LogP contribution in [0, 0.1) is 5.92 Å². The highest BCUT2D eigenvalue weighted by Gasteiger charge is 2.37. The Balaban J connectivity index is 1.84. The van der Waals surface area contributed by atoms with Crippen LogP contribution in [-0.2, 0) is 4.74 Å². The summed E-state index contributed by atoms with van der Waals surface area (Å²) in [5, 5.41) is 3.59. The minimum atomic E-state index is 0.177. The molecule has 0 aliphatic heterocycles. The van der Waals surface area contributed by atoms with Gasteiger partial charge in [-0.05, 0) is 44.6 Å². The normalized spacial score (nSPS) is 31.7. The molecule has 2 atom stereocenters. The summed E-state index contributed by atoms with van der Waals surface area (Å²) in [6.45, 7) is 6.82. The van der Waals surface area contributed by atoms with Crippen molar-refractivity contribution in [3.8, 4) is 0 Å². The Morgan fingerprint density at radius 1 is 1.17 bits per heavy atom. The Hall–Kier alpha value is -0.0800. The van der Waals surface area contributed by atoms with Crippen molar-refractivity contribution in [1.29, 1.82) is 0 Å². The summed E-state index contributed by atoms with van der Waals surface area (Å²) in [6, 6.07) is 0. The molecule has 2 aliphatic rings. The lowest BCUT2D eigenvalue weighted by Crippen LogP contribution is -2.44. The smallest absolute Gasteiger partial charge is 0.0810 e. The van der Waals surface area contributed by atoms with E-state index in [4.69, 9.17) is 4.74 Å². The minimum Gasteiger partial charge on any atom is -0.370 e. The summed E-state index contributed by atoms with van der Waals surface area (Å²) in [6.07, 6.45) is 12.4. The molecule has 0 amide bonds. The molecular formula is C16H31NO. The molecule has 106 valence electrons. The van der Waals surface area contributed by atoms with Crippen molar-refractivity contribution in [1.82, 2.24) is 5.32 Å². The number of ether oxygens (including phenoxy) is 1. The second kappa shape index (κ2) is 6.91. The highest BCUT2D eigenvalue weighted by Crippen LogP contribution is 2.37. The first-order chi connectivity index (χ1) is 8.74. The van der Waals surface area contributed by atoms with E-state index < -0.39 is 0 Å². The Bertz CT molecular complexity index is 235. The van der Waals surface area contributed by atoms with E-state index in [2.05, 4.69) is 19.2 Å². The quantitative estimate of drug-likeness (QED) is 0.725. The van der Waals surface area contributed by atoms with Gasteiger partial charge in [0.2, 0.25) is 0 Å². The first-order valence-corrected chi connectivity index (χ1v) is 8.13. The first kappa shape index (κ1) is 14.3. The summed E-state index contributed by atoms with van der Waals surface area (Å²) in [5.41, 5.74) is 0.177. The van der Waals surface area contributed by atoms with Crippen LogP contribution in [0.3, 0.4) is 0 Å². The van der Waals surface area contributed by atoms with Crippen LogP contribution in [0.25, 0.3) is 0 Å². The highest BCUT2D eigenvalue weighted by molar-refractivity contribution is 4.90. The molecule has 2 rings (SSSR count). The topological polar surface area (TPSA) is 21.3 Å². The van der Waals surface area contributed by atoms with Crippen LogP contribution >= 0.6 is 0 Å². The molecule has 0 aromatic rings. The zero-order valence-electron chi connectivity index (χ0n) is 12.3. The van der Waals surface area contributed by atoms with Crippen molar-refractivity contribution in [3.63, 3.8) is 0 Å². The zero-order valence-corrected chi connectivity index (χ0v) is 12.3. The summed E-state index contributed by atoms with van der Waals surface area (Å²) < 4.78 is 6.59. The Kier molecular flexibility index (Phi) is 5.50. The number of nitrogens with one attached hydrogen (secondary N) is 1. The Morgan fingerprint density at radius 3 is 2.61 bits per heavy atom. The van der Waals surface area contributed by atoms with Gasteiger partial charge in [0.1, 0.15) is 0 Å². The van der Waals surface area contributed by atoms with Gasteiger partial charge in [0.15, 0.2) is 0 Å². The molecule has 0 heterocycles. The highest BCUT2D eigenvalue weighted by atomic mass is 16.5. The third kappa shape index (κ3) is 3.96. The first-order valence-electron chi connectivity index (χ1n) is 8.13. The van der Waals surface area contributed by atoms with Crippen molar-refractivity contribution < 1.29 is 4.74 Å². The van der Waals surface area contributed by atoms with Gasteiger partial charge in [-0.3, -0.25) is 0 Å². The van der Waals surface area contributed by atoms with Crippen LogP contribution in [0.1, 0.15) is 71.6 Å². The predicted molar refractivity (Wildman–Crippen MR) is 76.9 cm³/mol. The van der Waals surface area contributed by atoms with E-state index in [9.17, 15) is 0 Å². The second-order valence-corrected chi connectivity index (χ2v) is 6.58. The summed E-state index contributed by atoms with van der Waals surface area (Å²) in [5.74, 6) is 0.866. The molecule has 2 nitrogen and oxygen atoms in total. The van der Waals surface area contributed by atoms with E-state index in [0.29, 0.717) is 6.10 Å². The molecule has 2 heteroatoms. The molecule has 2 aliphatic carbocycles. The van der Waals surface area contributed by atoms with Crippen molar-refractivity contribution in [2.45, 2.75) is 83.3 Å². The summed E-state index contributed by atoms with van der Waals surface area (Å²) >= 11 is 0. The largest absolute Gasteiger partial charge is 0.370 e. The molecule has 0 spiro atoms. The van der Waals surface area contributed by atoms with Gasteiger partial charge in [-0.2, -0.15) is 0 Å². The Morgan fingerprint density at radius 2 is 1.94 bits per heavy atom. The molecular weight excluding hydrogens is 222 g/mol. The lowest BCUT2D eigenvalue weighted by Gasteiger charge is -2.37. The maximum Gasteiger partial charge on any atom is 0.0810 e. The molecule has 0 saturated heterocycles. The van der Waals surface area contributed by atoms with Gasteiger partial charge in [0, 0.05) is 6.54 Å². The molecule has 18 heavy (non-hydrogen) atoms. The van der Waals surface area contributed by atoms with Gasteiger partial charge >= 0.3 is 0 Å². The third-order valence-electron chi connectivity index (χ3n) is 4.69. The van der Waals surface area contributed by atoms with E-state index in [0.717, 1.165) is 19.0 Å². The van der Waals surface area contributed by atoms with Gasteiger partial charge in [-0.15, -0.1) is 0 Å². The minimum absolute atomic E-state index is 0.177. The molecule has 0 aromatic carbocycles. The van der Waals surface area contributed by atoms with Gasteiger partial charge in [-0.1, -0.05) is 39.5 Å². The van der Waals surface area contributed by atoms with Crippen LogP contribution in [0.15, 0.2) is 0 Å². The molecule has 1 N–H and O–H groups in total. The lowest BCUT2D eigenvalue weighted by molar-refractivity contribution is -0.106. The van der Waals surface area contributed by atoms with Gasteiger partial charge in [0.05, 0.1) is 11.7 Å². The fourth-order valence-corrected chi connectivity index (χ4v) is 3.69. The summed E-state index contributed by atoms with van der Waals surface area (Å²) in [7, 11) is 0. The van der Waals surface area contributed by atoms with Crippen molar-refractivity contribution in [3.05, 3.63) is 0 Å². The van der Waals surface area contributed by atoms with Gasteiger partial charge in [0.25, 0.3) is 0 Å². The summed E-state index contributed by atoms with van der Waals surface area (Å²) in [4.78, 5) is 0. The molecule has 2 saturated carbocycles. The monoisotopic (exact) mass is 253 g/mol. The average molecular weight is 253 g/mol. The standard InChI is InChI=1S/C16H31NO/c1-3-11-17-13-16(9-4-5-10-16)18-15-8-6-7-14(2)12-15/h14-15,17H,3-13H2,1-2H3. The number of rotatable bonds is 6. The van der Waals surface area contributed by atoms with Crippen LogP contribution in [-0.4, -0.2) is 24.8 Å². The third-order valence-corrected chi connectivity index (χ3v) is 4.69. The zero-order chi connectivity index (χ0) is 12.8. The van der Waals surface area contributed by atoms with Crippen LogP contribution in [0.4, 0.5) is 0 Å². The van der Waals surface area contributed by atoms with E-state index in [1.165, 1.54) is 57.8 Å². The van der Waals surface area contributed by atoms with Crippen LogP contribution in [0.2, 0.25) is 0 Å². The molecule has 2 fully saturated rings. The predicted octanol–water partition coefficient (Wildman–Crippen LogP) is 3.89. The van der Waals surface area contributed by atoms with Crippen molar-refractivity contribution in [2.24, 2.45) is 5.92 Å². The van der Waals surface area contributed by atoms with E-state index >= 15 is 0 Å². The van der Waals surface area contributed by atoms with E-state index in [1.54, 1.807) is 0 Å². The van der Waals surface area contributed by atoms with Gasteiger partial charge < -0.3 is 10.1 Å². The SMILES string of the molecule is CCCNCC1(OC2CCCC(C)C2)CCCC1. The molecule has 0 bridgehead atoms. The fourth-order valence-electron chi connectivity index (χ4n) is 3.69. The van der Waals surface area contributed by atoms with Gasteiger partial charge in [-0.25, -0.2) is 0 Å². The Labute approximate surface area is 113 Å². The average Bonchev–Trinajstić information content (AvgIpc) is 2.78. The van der Waals surface area contributed by atoms with E-state index in [1.807, 2.05) is 0 Å². The maximum atomic E-state index is 6.59. The van der Waals surface area contributed by atoms with Crippen molar-refractivity contribution in [2.75, 3.05) is 13.1 Å². The lowest BCUT2D eigenvalue weighted by atomic mass is 9.88. The molecule has 2 unspecified atom stereocenters.